The molecule has 0 saturated carbocycles. The molecule has 82 valence electrons. The van der Waals surface area contributed by atoms with Gasteiger partial charge in [0.25, 0.3) is 0 Å². The average molecular weight is 250 g/mol. The van der Waals surface area contributed by atoms with E-state index >= 15 is 0 Å². The Hall–Kier alpha value is -0.800. The summed E-state index contributed by atoms with van der Waals surface area (Å²) in [5, 5.41) is 2.79. The molecule has 0 saturated heterocycles. The highest BCUT2D eigenvalue weighted by Crippen LogP contribution is 2.18. The second-order valence-electron chi connectivity index (χ2n) is 3.00. The molecule has 0 aliphatic heterocycles. The van der Waals surface area contributed by atoms with E-state index in [0.717, 1.165) is 0 Å². The molecular formula is C10H10Cl2FNO. The number of amides is 1. The van der Waals surface area contributed by atoms with Gasteiger partial charge in [-0.05, 0) is 24.6 Å². The van der Waals surface area contributed by atoms with Crippen LogP contribution in [0.25, 0.3) is 0 Å². The summed E-state index contributed by atoms with van der Waals surface area (Å²) in [5.74, 6) is -0.246. The van der Waals surface area contributed by atoms with Crippen molar-refractivity contribution in [1.82, 2.24) is 0 Å². The average Bonchev–Trinajstić information content (AvgIpc) is 2.13. The first-order chi connectivity index (χ1) is 7.11. The summed E-state index contributed by atoms with van der Waals surface area (Å²) in [7, 11) is 0. The number of rotatable bonds is 4. The summed E-state index contributed by atoms with van der Waals surface area (Å²) in [5.41, 5.74) is 0.361. The zero-order valence-electron chi connectivity index (χ0n) is 7.90. The van der Waals surface area contributed by atoms with E-state index in [0.29, 0.717) is 24.4 Å². The highest BCUT2D eigenvalue weighted by molar-refractivity contribution is 6.30. The van der Waals surface area contributed by atoms with Crippen molar-refractivity contribution in [2.75, 3.05) is 11.2 Å². The maximum atomic E-state index is 12.9. The summed E-state index contributed by atoms with van der Waals surface area (Å²) in [4.78, 5) is 11.3. The molecule has 2 nitrogen and oxygen atoms in total. The van der Waals surface area contributed by atoms with Crippen LogP contribution < -0.4 is 5.32 Å². The van der Waals surface area contributed by atoms with Crippen LogP contribution in [0.5, 0.6) is 0 Å². The molecule has 1 aromatic rings. The Bertz CT molecular complexity index is 337. The van der Waals surface area contributed by atoms with E-state index < -0.39 is 5.82 Å². The normalized spacial score (nSPS) is 10.1. The van der Waals surface area contributed by atoms with Gasteiger partial charge < -0.3 is 5.32 Å². The summed E-state index contributed by atoms with van der Waals surface area (Å²) >= 11 is 11.1. The predicted molar refractivity (Wildman–Crippen MR) is 60.0 cm³/mol. The van der Waals surface area contributed by atoms with Crippen LogP contribution >= 0.6 is 23.2 Å². The van der Waals surface area contributed by atoms with Gasteiger partial charge in [-0.1, -0.05) is 11.6 Å². The Balaban J connectivity index is 2.60. The number of halogens is 3. The van der Waals surface area contributed by atoms with Gasteiger partial charge in [-0.2, -0.15) is 0 Å². The lowest BCUT2D eigenvalue weighted by molar-refractivity contribution is -0.116. The van der Waals surface area contributed by atoms with Crippen LogP contribution in [0, 0.1) is 5.82 Å². The van der Waals surface area contributed by atoms with Gasteiger partial charge in [-0.15, -0.1) is 11.6 Å². The number of benzene rings is 1. The van der Waals surface area contributed by atoms with Crippen molar-refractivity contribution in [2.24, 2.45) is 0 Å². The van der Waals surface area contributed by atoms with Gasteiger partial charge in [0.15, 0.2) is 0 Å². The number of alkyl halides is 1. The standard InChI is InChI=1S/C10H10Cl2FNO/c11-3-1-2-10(15)14-9-5-7(12)4-8(13)6-9/h4-6H,1-3H2,(H,14,15). The Morgan fingerprint density at radius 3 is 2.73 bits per heavy atom. The molecule has 0 aromatic heterocycles. The molecule has 1 amide bonds. The van der Waals surface area contributed by atoms with Crippen LogP contribution in [0.15, 0.2) is 18.2 Å². The molecule has 0 radical (unpaired) electrons. The Kier molecular flexibility index (Phi) is 4.85. The zero-order chi connectivity index (χ0) is 11.3. The lowest BCUT2D eigenvalue weighted by Crippen LogP contribution is -2.11. The maximum Gasteiger partial charge on any atom is 0.224 e. The monoisotopic (exact) mass is 249 g/mol. The first-order valence-electron chi connectivity index (χ1n) is 4.43. The van der Waals surface area contributed by atoms with E-state index in [1.807, 2.05) is 0 Å². The molecule has 1 rings (SSSR count). The van der Waals surface area contributed by atoms with Gasteiger partial charge in [0.1, 0.15) is 5.82 Å². The second kappa shape index (κ2) is 5.93. The molecule has 0 heterocycles. The van der Waals surface area contributed by atoms with E-state index in [2.05, 4.69) is 5.32 Å². The van der Waals surface area contributed by atoms with Crippen molar-refractivity contribution < 1.29 is 9.18 Å². The van der Waals surface area contributed by atoms with Crippen molar-refractivity contribution in [1.29, 1.82) is 0 Å². The third-order valence-corrected chi connectivity index (χ3v) is 2.17. The summed E-state index contributed by atoms with van der Waals surface area (Å²) in [6.07, 6.45) is 0.911. The molecule has 0 aliphatic carbocycles. The van der Waals surface area contributed by atoms with E-state index in [9.17, 15) is 9.18 Å². The molecule has 0 spiro atoms. The molecule has 15 heavy (non-hydrogen) atoms. The molecule has 0 atom stereocenters. The molecule has 1 aromatic carbocycles. The lowest BCUT2D eigenvalue weighted by atomic mass is 10.2. The predicted octanol–water partition coefficient (Wildman–Crippen LogP) is 3.44. The van der Waals surface area contributed by atoms with E-state index in [4.69, 9.17) is 23.2 Å². The number of carbonyl (C=O) groups excluding carboxylic acids is 1. The van der Waals surface area contributed by atoms with Crippen molar-refractivity contribution in [2.45, 2.75) is 12.8 Å². The lowest BCUT2D eigenvalue weighted by Gasteiger charge is -2.04. The topological polar surface area (TPSA) is 29.1 Å². The number of anilines is 1. The molecule has 1 N–H and O–H groups in total. The summed E-state index contributed by atoms with van der Waals surface area (Å²) < 4.78 is 12.9. The Labute approximate surface area is 97.4 Å². The third-order valence-electron chi connectivity index (χ3n) is 1.68. The van der Waals surface area contributed by atoms with Crippen LogP contribution in [0.4, 0.5) is 10.1 Å². The fourth-order valence-electron chi connectivity index (χ4n) is 1.08. The highest BCUT2D eigenvalue weighted by atomic mass is 35.5. The zero-order valence-corrected chi connectivity index (χ0v) is 9.41. The Morgan fingerprint density at radius 2 is 2.13 bits per heavy atom. The minimum Gasteiger partial charge on any atom is -0.326 e. The minimum atomic E-state index is -0.477. The molecular weight excluding hydrogens is 240 g/mol. The minimum absolute atomic E-state index is 0.197. The van der Waals surface area contributed by atoms with Gasteiger partial charge in [-0.25, -0.2) is 4.39 Å². The van der Waals surface area contributed by atoms with Gasteiger partial charge in [0.05, 0.1) is 0 Å². The number of nitrogens with one attached hydrogen (secondary N) is 1. The first-order valence-corrected chi connectivity index (χ1v) is 5.35. The fraction of sp³-hybridized carbons (Fsp3) is 0.300. The fourth-order valence-corrected chi connectivity index (χ4v) is 1.43. The van der Waals surface area contributed by atoms with Gasteiger partial charge in [-0.3, -0.25) is 4.79 Å². The van der Waals surface area contributed by atoms with Crippen molar-refractivity contribution in [3.63, 3.8) is 0 Å². The maximum absolute atomic E-state index is 12.9. The van der Waals surface area contributed by atoms with Gasteiger partial charge in [0, 0.05) is 23.0 Å². The Morgan fingerprint density at radius 1 is 1.40 bits per heavy atom. The number of hydrogen-bond donors (Lipinski definition) is 1. The quantitative estimate of drug-likeness (QED) is 0.815. The summed E-state index contributed by atoms with van der Waals surface area (Å²) in [6, 6.07) is 3.88. The number of hydrogen-bond acceptors (Lipinski definition) is 1. The summed E-state index contributed by atoms with van der Waals surface area (Å²) in [6.45, 7) is 0. The smallest absolute Gasteiger partial charge is 0.224 e. The SMILES string of the molecule is O=C(CCCCl)Nc1cc(F)cc(Cl)c1. The van der Waals surface area contributed by atoms with Crippen molar-refractivity contribution in [3.8, 4) is 0 Å². The molecule has 0 bridgehead atoms. The van der Waals surface area contributed by atoms with Crippen LogP contribution in [-0.2, 0) is 4.79 Å². The molecule has 0 fully saturated rings. The molecule has 0 aliphatic rings. The first kappa shape index (κ1) is 12.3. The highest BCUT2D eigenvalue weighted by Gasteiger charge is 2.04. The number of carbonyl (C=O) groups is 1. The molecule has 5 heteroatoms. The van der Waals surface area contributed by atoms with Gasteiger partial charge in [0.2, 0.25) is 5.91 Å². The van der Waals surface area contributed by atoms with Gasteiger partial charge >= 0.3 is 0 Å². The van der Waals surface area contributed by atoms with E-state index in [1.54, 1.807) is 0 Å². The van der Waals surface area contributed by atoms with Crippen LogP contribution in [0.2, 0.25) is 5.02 Å². The largest absolute Gasteiger partial charge is 0.326 e. The van der Waals surface area contributed by atoms with E-state index in [-0.39, 0.29) is 10.9 Å². The van der Waals surface area contributed by atoms with Crippen LogP contribution in [0.1, 0.15) is 12.8 Å². The third kappa shape index (κ3) is 4.49. The second-order valence-corrected chi connectivity index (χ2v) is 3.81. The van der Waals surface area contributed by atoms with Crippen LogP contribution in [0.3, 0.4) is 0 Å². The van der Waals surface area contributed by atoms with Crippen LogP contribution in [-0.4, -0.2) is 11.8 Å². The molecule has 0 unspecified atom stereocenters. The van der Waals surface area contributed by atoms with Crippen molar-refractivity contribution in [3.05, 3.63) is 29.0 Å². The van der Waals surface area contributed by atoms with Crippen molar-refractivity contribution >= 4 is 34.8 Å². The van der Waals surface area contributed by atoms with E-state index in [1.165, 1.54) is 18.2 Å².